The average molecular weight is 510 g/mol. The zero-order valence-corrected chi connectivity index (χ0v) is 20.4. The number of ether oxygens (including phenoxy) is 2. The second-order valence-corrected chi connectivity index (χ2v) is 8.99. The summed E-state index contributed by atoms with van der Waals surface area (Å²) < 4.78 is 11.3. The number of methoxy groups -OCH3 is 1. The topological polar surface area (TPSA) is 103 Å². The second kappa shape index (κ2) is 10.6. The van der Waals surface area contributed by atoms with E-state index in [0.717, 1.165) is 11.1 Å². The van der Waals surface area contributed by atoms with Gasteiger partial charge in [0.25, 0.3) is 11.6 Å². The molecular weight excluding hydrogens is 490 g/mol. The van der Waals surface area contributed by atoms with E-state index in [1.54, 1.807) is 62.6 Å². The fourth-order valence-electron chi connectivity index (χ4n) is 3.38. The normalized spacial score (nSPS) is 15.3. The number of benzene rings is 3. The van der Waals surface area contributed by atoms with Crippen LogP contribution in [0.3, 0.4) is 0 Å². The van der Waals surface area contributed by atoms with E-state index in [-0.39, 0.29) is 18.2 Å². The Bertz CT molecular complexity index is 1370. The number of amides is 1. The molecule has 178 valence electrons. The van der Waals surface area contributed by atoms with Crippen LogP contribution < -0.4 is 14.8 Å². The van der Waals surface area contributed by atoms with Crippen LogP contribution in [-0.4, -0.2) is 23.1 Å². The summed E-state index contributed by atoms with van der Waals surface area (Å²) >= 11 is 7.24. The molecule has 3 aromatic carbocycles. The summed E-state index contributed by atoms with van der Waals surface area (Å²) in [5.74, 6) is 0.884. The Kier molecular flexibility index (Phi) is 7.38. The van der Waals surface area contributed by atoms with Gasteiger partial charge in [-0.15, -0.1) is 0 Å². The summed E-state index contributed by atoms with van der Waals surface area (Å²) in [6.45, 7) is 1.84. The number of halogens is 1. The van der Waals surface area contributed by atoms with Crippen LogP contribution in [-0.2, 0) is 11.4 Å². The van der Waals surface area contributed by atoms with Crippen LogP contribution in [0.15, 0.2) is 70.6 Å². The number of hydrogen-bond donors (Lipinski definition) is 1. The molecule has 0 spiro atoms. The molecule has 1 N–H and O–H groups in total. The third-order valence-corrected chi connectivity index (χ3v) is 6.20. The van der Waals surface area contributed by atoms with E-state index in [0.29, 0.717) is 37.8 Å². The molecule has 0 unspecified atom stereocenters. The molecule has 0 saturated carbocycles. The van der Waals surface area contributed by atoms with Crippen molar-refractivity contribution in [2.45, 2.75) is 13.5 Å². The maximum Gasteiger partial charge on any atom is 0.272 e. The van der Waals surface area contributed by atoms with Crippen LogP contribution in [0.5, 0.6) is 11.5 Å². The number of rotatable bonds is 7. The minimum absolute atomic E-state index is 0.0363. The molecule has 1 amide bonds. The van der Waals surface area contributed by atoms with Gasteiger partial charge in [-0.2, -0.15) is 0 Å². The summed E-state index contributed by atoms with van der Waals surface area (Å²) in [4.78, 5) is 28.0. The van der Waals surface area contributed by atoms with E-state index < -0.39 is 4.92 Å². The third-order valence-electron chi connectivity index (χ3n) is 5.05. The minimum Gasteiger partial charge on any atom is -0.496 e. The molecule has 1 aliphatic rings. The Morgan fingerprint density at radius 3 is 2.71 bits per heavy atom. The van der Waals surface area contributed by atoms with Gasteiger partial charge in [-0.25, -0.2) is 4.99 Å². The predicted octanol–water partition coefficient (Wildman–Crippen LogP) is 6.04. The summed E-state index contributed by atoms with van der Waals surface area (Å²) in [6.07, 6.45) is 1.76. The number of aliphatic imine (C=N–C) groups is 1. The zero-order valence-electron chi connectivity index (χ0n) is 18.8. The third kappa shape index (κ3) is 6.00. The largest absolute Gasteiger partial charge is 0.496 e. The first-order valence-electron chi connectivity index (χ1n) is 10.4. The molecule has 1 fully saturated rings. The molecule has 10 heteroatoms. The van der Waals surface area contributed by atoms with Gasteiger partial charge in [0.15, 0.2) is 5.17 Å². The van der Waals surface area contributed by atoms with Gasteiger partial charge in [-0.1, -0.05) is 23.7 Å². The van der Waals surface area contributed by atoms with Crippen molar-refractivity contribution in [2.24, 2.45) is 4.99 Å². The molecule has 0 aliphatic carbocycles. The Labute approximate surface area is 210 Å². The number of thioether (sulfide) groups is 1. The fourth-order valence-corrected chi connectivity index (χ4v) is 4.41. The van der Waals surface area contributed by atoms with Crippen LogP contribution in [0.25, 0.3) is 6.08 Å². The maximum atomic E-state index is 12.5. The molecule has 0 aromatic heterocycles. The molecule has 3 aromatic rings. The molecule has 8 nitrogen and oxygen atoms in total. The van der Waals surface area contributed by atoms with Crippen molar-refractivity contribution in [1.82, 2.24) is 5.32 Å². The number of aryl methyl sites for hydroxylation is 1. The highest BCUT2D eigenvalue weighted by Gasteiger charge is 2.24. The van der Waals surface area contributed by atoms with Crippen molar-refractivity contribution in [2.75, 3.05) is 7.11 Å². The molecule has 35 heavy (non-hydrogen) atoms. The molecule has 4 rings (SSSR count). The van der Waals surface area contributed by atoms with Gasteiger partial charge in [-0.05, 0) is 72.8 Å². The molecular formula is C25H20ClN3O5S. The second-order valence-electron chi connectivity index (χ2n) is 7.53. The van der Waals surface area contributed by atoms with Gasteiger partial charge in [0.1, 0.15) is 18.1 Å². The Balaban J connectivity index is 1.52. The summed E-state index contributed by atoms with van der Waals surface area (Å²) in [7, 11) is 1.56. The van der Waals surface area contributed by atoms with Gasteiger partial charge in [0, 0.05) is 22.2 Å². The highest BCUT2D eigenvalue weighted by atomic mass is 35.5. The van der Waals surface area contributed by atoms with E-state index in [9.17, 15) is 14.9 Å². The number of amidine groups is 1. The predicted molar refractivity (Wildman–Crippen MR) is 137 cm³/mol. The number of nitro benzene ring substituents is 1. The van der Waals surface area contributed by atoms with E-state index in [4.69, 9.17) is 21.1 Å². The number of nitro groups is 1. The van der Waals surface area contributed by atoms with Crippen molar-refractivity contribution in [3.63, 3.8) is 0 Å². The quantitative estimate of drug-likeness (QED) is 0.237. The van der Waals surface area contributed by atoms with Gasteiger partial charge >= 0.3 is 0 Å². The number of carbonyl (C=O) groups is 1. The summed E-state index contributed by atoms with van der Waals surface area (Å²) in [6, 6.07) is 17.2. The lowest BCUT2D eigenvalue weighted by Crippen LogP contribution is -2.19. The van der Waals surface area contributed by atoms with Crippen LogP contribution in [0, 0.1) is 17.0 Å². The first kappa shape index (κ1) is 24.3. The van der Waals surface area contributed by atoms with E-state index >= 15 is 0 Å². The molecule has 0 radical (unpaired) electrons. The monoisotopic (exact) mass is 509 g/mol. The van der Waals surface area contributed by atoms with Crippen molar-refractivity contribution in [1.29, 1.82) is 0 Å². The van der Waals surface area contributed by atoms with Crippen LogP contribution in [0.1, 0.15) is 16.7 Å². The summed E-state index contributed by atoms with van der Waals surface area (Å²) in [5.41, 5.74) is 2.73. The maximum absolute atomic E-state index is 12.5. The minimum atomic E-state index is -0.429. The standard InChI is InChI=1S/C25H20ClN3O5S/c1-15-10-20(7-8-21(15)29(31)32)34-14-17-11-16(6-9-22(17)33-2)12-23-24(30)28-25(35-23)27-19-5-3-4-18(26)13-19/h3-13H,14H2,1-2H3,(H,27,28,30). The fraction of sp³-hybridized carbons (Fsp3) is 0.120. The average Bonchev–Trinajstić information content (AvgIpc) is 3.15. The van der Waals surface area contributed by atoms with Crippen LogP contribution in [0.4, 0.5) is 11.4 Å². The number of nitrogens with zero attached hydrogens (tertiary/aromatic N) is 2. The Hall–Kier alpha value is -3.82. The van der Waals surface area contributed by atoms with Crippen molar-refractivity contribution >= 4 is 51.9 Å². The molecule has 1 saturated heterocycles. The highest BCUT2D eigenvalue weighted by molar-refractivity contribution is 8.18. The van der Waals surface area contributed by atoms with Gasteiger partial charge in [0.2, 0.25) is 0 Å². The van der Waals surface area contributed by atoms with Crippen LogP contribution in [0.2, 0.25) is 5.02 Å². The molecule has 1 aliphatic heterocycles. The first-order chi connectivity index (χ1) is 16.8. The lowest BCUT2D eigenvalue weighted by Gasteiger charge is -2.12. The highest BCUT2D eigenvalue weighted by Crippen LogP contribution is 2.31. The van der Waals surface area contributed by atoms with Crippen molar-refractivity contribution in [3.8, 4) is 11.5 Å². The van der Waals surface area contributed by atoms with Gasteiger partial charge in [0.05, 0.1) is 22.6 Å². The zero-order chi connectivity index (χ0) is 24.9. The van der Waals surface area contributed by atoms with E-state index in [2.05, 4.69) is 10.3 Å². The molecule has 1 heterocycles. The Morgan fingerprint density at radius 2 is 2.00 bits per heavy atom. The number of hydrogen-bond acceptors (Lipinski definition) is 7. The van der Waals surface area contributed by atoms with Gasteiger partial charge in [-0.3, -0.25) is 14.9 Å². The summed E-state index contributed by atoms with van der Waals surface area (Å²) in [5, 5.41) is 14.8. The Morgan fingerprint density at radius 1 is 1.17 bits per heavy atom. The van der Waals surface area contributed by atoms with Crippen LogP contribution >= 0.6 is 23.4 Å². The van der Waals surface area contributed by atoms with Crippen molar-refractivity contribution in [3.05, 3.63) is 97.4 Å². The SMILES string of the molecule is COc1ccc(C=C2SC(=Nc3cccc(Cl)c3)NC2=O)cc1COc1ccc([N+](=O)[O-])c(C)c1. The lowest BCUT2D eigenvalue weighted by atomic mass is 10.1. The van der Waals surface area contributed by atoms with Gasteiger partial charge < -0.3 is 14.8 Å². The van der Waals surface area contributed by atoms with E-state index in [1.165, 1.54) is 17.8 Å². The van der Waals surface area contributed by atoms with Crippen molar-refractivity contribution < 1.29 is 19.2 Å². The number of carbonyl (C=O) groups excluding carboxylic acids is 1. The molecule has 0 bridgehead atoms. The number of nitrogens with one attached hydrogen (secondary N) is 1. The lowest BCUT2D eigenvalue weighted by molar-refractivity contribution is -0.385. The van der Waals surface area contributed by atoms with E-state index in [1.807, 2.05) is 12.1 Å². The first-order valence-corrected chi connectivity index (χ1v) is 11.6. The molecule has 0 atom stereocenters. The smallest absolute Gasteiger partial charge is 0.272 e.